The number of rotatable bonds is 5. The number of nitrogens with zero attached hydrogens (tertiary/aromatic N) is 1. The topological polar surface area (TPSA) is 65.2 Å². The maximum Gasteiger partial charge on any atom is 0.263 e. The Kier molecular flexibility index (Phi) is 5.11. The average Bonchev–Trinajstić information content (AvgIpc) is 3.38. The van der Waals surface area contributed by atoms with Gasteiger partial charge in [-0.15, -0.1) is 11.3 Å². The second-order valence-electron chi connectivity index (χ2n) is 8.43. The van der Waals surface area contributed by atoms with Gasteiger partial charge in [0.2, 0.25) is 5.91 Å². The number of aromatic nitrogens is 1. The number of hydrogen-bond donors (Lipinski definition) is 2. The molecule has 2 aliphatic rings. The lowest BCUT2D eigenvalue weighted by Gasteiger charge is -2.31. The predicted octanol–water partition coefficient (Wildman–Crippen LogP) is 5.16. The third kappa shape index (κ3) is 3.65. The van der Waals surface area contributed by atoms with Gasteiger partial charge in [-0.2, -0.15) is 0 Å². The molecular formula is C24H27N3O2S. The molecule has 5 rings (SSSR count). The summed E-state index contributed by atoms with van der Waals surface area (Å²) in [6.45, 7) is 3.73. The Labute approximate surface area is 180 Å². The first-order chi connectivity index (χ1) is 14.6. The molecule has 2 N–H and O–H groups in total. The Balaban J connectivity index is 1.23. The number of aryl methyl sites for hydroxylation is 1. The summed E-state index contributed by atoms with van der Waals surface area (Å²) in [4.78, 5) is 31.0. The van der Waals surface area contributed by atoms with Crippen LogP contribution < -0.4 is 5.32 Å². The van der Waals surface area contributed by atoms with E-state index in [2.05, 4.69) is 41.6 Å². The van der Waals surface area contributed by atoms with E-state index in [0.29, 0.717) is 10.8 Å². The number of benzene rings is 1. The van der Waals surface area contributed by atoms with Gasteiger partial charge in [-0.25, -0.2) is 0 Å². The van der Waals surface area contributed by atoms with Gasteiger partial charge in [0.15, 0.2) is 0 Å². The fourth-order valence-corrected chi connectivity index (χ4v) is 5.39. The first kappa shape index (κ1) is 19.4. The van der Waals surface area contributed by atoms with Crippen LogP contribution in [0.3, 0.4) is 0 Å². The monoisotopic (exact) mass is 421 g/mol. The Morgan fingerprint density at radius 1 is 1.13 bits per heavy atom. The van der Waals surface area contributed by atoms with Gasteiger partial charge < -0.3 is 15.2 Å². The lowest BCUT2D eigenvalue weighted by atomic mass is 9.88. The SMILES string of the molecule is CCc1cccc2c(C3CCN(C(=O)c4ccc(NC(=O)C5CC5)s4)CC3)c[nH]c12. The highest BCUT2D eigenvalue weighted by molar-refractivity contribution is 7.18. The van der Waals surface area contributed by atoms with Gasteiger partial charge >= 0.3 is 0 Å². The standard InChI is InChI=1S/C24H27N3O2S/c1-2-15-4-3-5-18-19(14-25-22(15)18)16-10-12-27(13-11-16)24(29)20-8-9-21(30-20)26-23(28)17-6-7-17/h3-5,8-9,14,16-17,25H,2,6-7,10-13H2,1H3,(H,26,28). The highest BCUT2D eigenvalue weighted by Gasteiger charge is 2.30. The summed E-state index contributed by atoms with van der Waals surface area (Å²) in [5.41, 5.74) is 4.00. The maximum atomic E-state index is 13.0. The smallest absolute Gasteiger partial charge is 0.263 e. The molecule has 2 fully saturated rings. The number of amides is 2. The molecule has 30 heavy (non-hydrogen) atoms. The summed E-state index contributed by atoms with van der Waals surface area (Å²) >= 11 is 1.38. The van der Waals surface area contributed by atoms with E-state index in [1.807, 2.05) is 17.0 Å². The van der Waals surface area contributed by atoms with Gasteiger partial charge in [-0.3, -0.25) is 9.59 Å². The number of aromatic amines is 1. The van der Waals surface area contributed by atoms with E-state index in [4.69, 9.17) is 0 Å². The first-order valence-corrected chi connectivity index (χ1v) is 11.7. The lowest BCUT2D eigenvalue weighted by Crippen LogP contribution is -2.37. The van der Waals surface area contributed by atoms with Gasteiger partial charge in [0.05, 0.1) is 9.88 Å². The van der Waals surface area contributed by atoms with Gasteiger partial charge in [-0.05, 0) is 61.3 Å². The zero-order valence-corrected chi connectivity index (χ0v) is 18.1. The second kappa shape index (κ2) is 7.91. The molecule has 3 heterocycles. The summed E-state index contributed by atoms with van der Waals surface area (Å²) < 4.78 is 0. The van der Waals surface area contributed by atoms with Gasteiger partial charge in [0.25, 0.3) is 5.91 Å². The van der Waals surface area contributed by atoms with Gasteiger partial charge in [0, 0.05) is 36.1 Å². The molecule has 3 aromatic rings. The van der Waals surface area contributed by atoms with Gasteiger partial charge in [-0.1, -0.05) is 25.1 Å². The number of anilines is 1. The molecular weight excluding hydrogens is 394 g/mol. The van der Waals surface area contributed by atoms with E-state index >= 15 is 0 Å². The summed E-state index contributed by atoms with van der Waals surface area (Å²) in [6, 6.07) is 10.2. The Hall–Kier alpha value is -2.60. The number of nitrogens with one attached hydrogen (secondary N) is 2. The number of H-pyrrole nitrogens is 1. The van der Waals surface area contributed by atoms with E-state index in [1.54, 1.807) is 0 Å². The van der Waals surface area contributed by atoms with Crippen molar-refractivity contribution < 1.29 is 9.59 Å². The van der Waals surface area contributed by atoms with Crippen molar-refractivity contribution in [3.05, 3.63) is 52.5 Å². The molecule has 1 aliphatic heterocycles. The van der Waals surface area contributed by atoms with E-state index < -0.39 is 0 Å². The summed E-state index contributed by atoms with van der Waals surface area (Å²) in [7, 11) is 0. The second-order valence-corrected chi connectivity index (χ2v) is 9.51. The van der Waals surface area contributed by atoms with E-state index in [1.165, 1.54) is 33.4 Å². The van der Waals surface area contributed by atoms with Gasteiger partial charge in [0.1, 0.15) is 0 Å². The van der Waals surface area contributed by atoms with Crippen molar-refractivity contribution in [2.24, 2.45) is 5.92 Å². The van der Waals surface area contributed by atoms with Crippen molar-refractivity contribution >= 4 is 39.1 Å². The maximum absolute atomic E-state index is 13.0. The summed E-state index contributed by atoms with van der Waals surface area (Å²) in [5.74, 6) is 0.814. The molecule has 5 nitrogen and oxygen atoms in total. The third-order valence-electron chi connectivity index (χ3n) is 6.45. The number of piperidine rings is 1. The van der Waals surface area contributed by atoms with Crippen LogP contribution in [0.5, 0.6) is 0 Å². The molecule has 1 saturated carbocycles. The molecule has 0 atom stereocenters. The van der Waals surface area contributed by atoms with Crippen molar-refractivity contribution in [2.45, 2.75) is 44.9 Å². The third-order valence-corrected chi connectivity index (χ3v) is 7.44. The summed E-state index contributed by atoms with van der Waals surface area (Å²) in [5, 5.41) is 5.04. The minimum Gasteiger partial charge on any atom is -0.361 e. The van der Waals surface area contributed by atoms with Crippen molar-refractivity contribution in [2.75, 3.05) is 18.4 Å². The number of para-hydroxylation sites is 1. The van der Waals surface area contributed by atoms with E-state index in [9.17, 15) is 9.59 Å². The zero-order valence-electron chi connectivity index (χ0n) is 17.2. The predicted molar refractivity (Wildman–Crippen MR) is 121 cm³/mol. The Bertz CT molecular complexity index is 1090. The van der Waals surface area contributed by atoms with Crippen LogP contribution in [0.4, 0.5) is 5.00 Å². The number of carbonyl (C=O) groups is 2. The molecule has 1 saturated heterocycles. The first-order valence-electron chi connectivity index (χ1n) is 10.9. The van der Waals surface area contributed by atoms with Crippen molar-refractivity contribution in [1.82, 2.24) is 9.88 Å². The fourth-order valence-electron chi connectivity index (χ4n) is 4.51. The van der Waals surface area contributed by atoms with Crippen LogP contribution >= 0.6 is 11.3 Å². The lowest BCUT2D eigenvalue weighted by molar-refractivity contribution is -0.117. The van der Waals surface area contributed by atoms with Crippen LogP contribution in [-0.4, -0.2) is 34.8 Å². The molecule has 6 heteroatoms. The number of hydrogen-bond acceptors (Lipinski definition) is 3. The highest BCUT2D eigenvalue weighted by atomic mass is 32.1. The van der Waals surface area contributed by atoms with Crippen LogP contribution in [0.1, 0.15) is 59.3 Å². The molecule has 0 unspecified atom stereocenters. The zero-order chi connectivity index (χ0) is 20.7. The number of carbonyl (C=O) groups excluding carboxylic acids is 2. The number of likely N-dealkylation sites (tertiary alicyclic amines) is 1. The minimum atomic E-state index is 0.0811. The molecule has 0 radical (unpaired) electrons. The fraction of sp³-hybridized carbons (Fsp3) is 0.417. The van der Waals surface area contributed by atoms with E-state index in [-0.39, 0.29) is 17.7 Å². The Morgan fingerprint density at radius 3 is 2.67 bits per heavy atom. The molecule has 0 spiro atoms. The largest absolute Gasteiger partial charge is 0.361 e. The van der Waals surface area contributed by atoms with Crippen LogP contribution in [0.25, 0.3) is 10.9 Å². The average molecular weight is 422 g/mol. The molecule has 1 aromatic carbocycles. The molecule has 0 bridgehead atoms. The van der Waals surface area contributed by atoms with E-state index in [0.717, 1.165) is 50.2 Å². The minimum absolute atomic E-state index is 0.0811. The van der Waals surface area contributed by atoms with Crippen LogP contribution in [0.2, 0.25) is 0 Å². The normalized spacial score (nSPS) is 17.4. The quantitative estimate of drug-likeness (QED) is 0.598. The summed E-state index contributed by atoms with van der Waals surface area (Å²) in [6.07, 6.45) is 7.11. The molecule has 2 aromatic heterocycles. The van der Waals surface area contributed by atoms with Crippen molar-refractivity contribution in [3.63, 3.8) is 0 Å². The molecule has 156 valence electrons. The number of thiophene rings is 1. The highest BCUT2D eigenvalue weighted by Crippen LogP contribution is 2.35. The number of fused-ring (bicyclic) bond motifs is 1. The molecule has 2 amide bonds. The van der Waals surface area contributed by atoms with Crippen molar-refractivity contribution in [1.29, 1.82) is 0 Å². The van der Waals surface area contributed by atoms with Crippen molar-refractivity contribution in [3.8, 4) is 0 Å². The Morgan fingerprint density at radius 2 is 1.93 bits per heavy atom. The molecule has 1 aliphatic carbocycles. The van der Waals surface area contributed by atoms with Crippen LogP contribution in [0.15, 0.2) is 36.5 Å². The van der Waals surface area contributed by atoms with Crippen LogP contribution in [0, 0.1) is 5.92 Å². The van der Waals surface area contributed by atoms with Crippen LogP contribution in [-0.2, 0) is 11.2 Å².